The smallest absolute Gasteiger partial charge is 0.128 e. The van der Waals surface area contributed by atoms with Crippen molar-refractivity contribution in [2.24, 2.45) is 0 Å². The fourth-order valence-electron chi connectivity index (χ4n) is 2.09. The number of nitrogens with one attached hydrogen (secondary N) is 1. The molecule has 3 nitrogen and oxygen atoms in total. The molecule has 0 radical (unpaired) electrons. The van der Waals surface area contributed by atoms with E-state index in [4.69, 9.17) is 9.47 Å². The van der Waals surface area contributed by atoms with Gasteiger partial charge in [0.05, 0.1) is 14.2 Å². The van der Waals surface area contributed by atoms with Crippen LogP contribution in [0, 0.1) is 5.82 Å². The van der Waals surface area contributed by atoms with Crippen molar-refractivity contribution in [1.29, 1.82) is 0 Å². The molecule has 2 aromatic carbocycles. The van der Waals surface area contributed by atoms with Gasteiger partial charge in [0.2, 0.25) is 0 Å². The van der Waals surface area contributed by atoms with Crippen molar-refractivity contribution in [1.82, 2.24) is 5.32 Å². The fourth-order valence-corrected chi connectivity index (χ4v) is 2.09. The van der Waals surface area contributed by atoms with Gasteiger partial charge < -0.3 is 14.8 Å². The molecule has 0 spiro atoms. The maximum Gasteiger partial charge on any atom is 0.128 e. The summed E-state index contributed by atoms with van der Waals surface area (Å²) in [5, 5.41) is 2.94. The molecule has 0 bridgehead atoms. The Morgan fingerprint density at radius 1 is 1.05 bits per heavy atom. The fraction of sp³-hybridized carbons (Fsp3) is 0.250. The minimum absolute atomic E-state index is 0.235. The first-order valence-electron chi connectivity index (χ1n) is 6.35. The summed E-state index contributed by atoms with van der Waals surface area (Å²) in [4.78, 5) is 0. The van der Waals surface area contributed by atoms with Crippen molar-refractivity contribution >= 4 is 0 Å². The van der Waals surface area contributed by atoms with Gasteiger partial charge in [-0.15, -0.1) is 0 Å². The van der Waals surface area contributed by atoms with Crippen LogP contribution in [-0.4, -0.2) is 21.3 Å². The van der Waals surface area contributed by atoms with Gasteiger partial charge in [-0.05, 0) is 36.9 Å². The maximum atomic E-state index is 14.0. The largest absolute Gasteiger partial charge is 0.497 e. The number of rotatable bonds is 5. The first-order chi connectivity index (χ1) is 9.69. The zero-order valence-corrected chi connectivity index (χ0v) is 11.9. The molecule has 0 amide bonds. The van der Waals surface area contributed by atoms with Crippen LogP contribution in [-0.2, 0) is 6.54 Å². The average molecular weight is 275 g/mol. The highest BCUT2D eigenvalue weighted by Gasteiger charge is 2.10. The molecule has 2 rings (SSSR count). The lowest BCUT2D eigenvalue weighted by molar-refractivity contribution is 0.404. The van der Waals surface area contributed by atoms with E-state index < -0.39 is 0 Å². The van der Waals surface area contributed by atoms with E-state index in [1.807, 2.05) is 24.3 Å². The number of halogens is 1. The lowest BCUT2D eigenvalue weighted by Crippen LogP contribution is -2.06. The predicted molar refractivity (Wildman–Crippen MR) is 77.7 cm³/mol. The van der Waals surface area contributed by atoms with E-state index in [0.717, 1.165) is 11.1 Å². The van der Waals surface area contributed by atoms with Gasteiger partial charge in [0.15, 0.2) is 0 Å². The molecule has 0 unspecified atom stereocenters. The predicted octanol–water partition coefficient (Wildman–Crippen LogP) is 3.23. The van der Waals surface area contributed by atoms with E-state index >= 15 is 0 Å². The second-order valence-electron chi connectivity index (χ2n) is 4.40. The molecule has 0 fully saturated rings. The number of methoxy groups -OCH3 is 2. The van der Waals surface area contributed by atoms with Crippen LogP contribution in [0.5, 0.6) is 11.5 Å². The minimum atomic E-state index is -0.235. The van der Waals surface area contributed by atoms with Crippen molar-refractivity contribution in [3.05, 3.63) is 47.8 Å². The quantitative estimate of drug-likeness (QED) is 0.908. The molecule has 20 heavy (non-hydrogen) atoms. The van der Waals surface area contributed by atoms with Crippen molar-refractivity contribution in [3.63, 3.8) is 0 Å². The topological polar surface area (TPSA) is 30.5 Å². The molecule has 0 heterocycles. The van der Waals surface area contributed by atoms with Crippen LogP contribution in [0.3, 0.4) is 0 Å². The van der Waals surface area contributed by atoms with Gasteiger partial charge in [0.1, 0.15) is 17.3 Å². The molecular formula is C16H18FNO2. The first kappa shape index (κ1) is 14.3. The molecule has 0 saturated heterocycles. The Bertz CT molecular complexity index is 599. The summed E-state index contributed by atoms with van der Waals surface area (Å²) >= 11 is 0. The van der Waals surface area contributed by atoms with E-state index in [9.17, 15) is 4.39 Å². The van der Waals surface area contributed by atoms with Crippen LogP contribution in [0.4, 0.5) is 4.39 Å². The monoisotopic (exact) mass is 275 g/mol. The Balaban J connectivity index is 2.47. The van der Waals surface area contributed by atoms with Crippen LogP contribution in [0.2, 0.25) is 0 Å². The third-order valence-electron chi connectivity index (χ3n) is 3.14. The normalized spacial score (nSPS) is 10.4. The Morgan fingerprint density at radius 2 is 1.85 bits per heavy atom. The van der Waals surface area contributed by atoms with Gasteiger partial charge in [0.25, 0.3) is 0 Å². The highest BCUT2D eigenvalue weighted by Crippen LogP contribution is 2.34. The number of ether oxygens (including phenoxy) is 2. The highest BCUT2D eigenvalue weighted by atomic mass is 19.1. The molecule has 4 heteroatoms. The lowest BCUT2D eigenvalue weighted by Gasteiger charge is -2.12. The number of benzene rings is 2. The molecule has 106 valence electrons. The molecule has 0 aliphatic carbocycles. The molecule has 1 N–H and O–H groups in total. The number of hydrogen-bond donors (Lipinski definition) is 1. The van der Waals surface area contributed by atoms with Crippen LogP contribution in [0.15, 0.2) is 36.4 Å². The van der Waals surface area contributed by atoms with Crippen LogP contribution in [0.25, 0.3) is 11.1 Å². The highest BCUT2D eigenvalue weighted by molar-refractivity contribution is 5.72. The van der Waals surface area contributed by atoms with Crippen molar-refractivity contribution < 1.29 is 13.9 Å². The zero-order valence-electron chi connectivity index (χ0n) is 11.9. The average Bonchev–Trinajstić information content (AvgIpc) is 2.48. The molecule has 0 aliphatic rings. The second-order valence-corrected chi connectivity index (χ2v) is 4.40. The number of hydrogen-bond acceptors (Lipinski definition) is 3. The lowest BCUT2D eigenvalue weighted by atomic mass is 10.0. The third kappa shape index (κ3) is 2.91. The van der Waals surface area contributed by atoms with E-state index in [1.54, 1.807) is 27.3 Å². The minimum Gasteiger partial charge on any atom is -0.497 e. The van der Waals surface area contributed by atoms with Gasteiger partial charge >= 0.3 is 0 Å². The standard InChI is InChI=1S/C16H18FNO2/c1-18-10-12-5-4-11(8-15(12)17)14-9-13(19-2)6-7-16(14)20-3/h4-9,18H,10H2,1-3H3. The van der Waals surface area contributed by atoms with Crippen LogP contribution < -0.4 is 14.8 Å². The van der Waals surface area contributed by atoms with E-state index in [2.05, 4.69) is 5.32 Å². The molecule has 2 aromatic rings. The van der Waals surface area contributed by atoms with Gasteiger partial charge in [0, 0.05) is 17.7 Å². The molecule has 0 aliphatic heterocycles. The zero-order chi connectivity index (χ0) is 14.5. The van der Waals surface area contributed by atoms with Gasteiger partial charge in [-0.2, -0.15) is 0 Å². The molecule has 0 atom stereocenters. The summed E-state index contributed by atoms with van der Waals surface area (Å²) in [7, 11) is 4.98. The Labute approximate surface area is 118 Å². The third-order valence-corrected chi connectivity index (χ3v) is 3.14. The Hall–Kier alpha value is -2.07. The van der Waals surface area contributed by atoms with Gasteiger partial charge in [-0.1, -0.05) is 12.1 Å². The Morgan fingerprint density at radius 3 is 2.45 bits per heavy atom. The second kappa shape index (κ2) is 6.39. The van der Waals surface area contributed by atoms with Crippen LogP contribution in [0.1, 0.15) is 5.56 Å². The summed E-state index contributed by atoms with van der Waals surface area (Å²) in [6.07, 6.45) is 0. The summed E-state index contributed by atoms with van der Waals surface area (Å²) in [5.74, 6) is 1.16. The summed E-state index contributed by atoms with van der Waals surface area (Å²) < 4.78 is 24.6. The summed E-state index contributed by atoms with van der Waals surface area (Å²) in [6.45, 7) is 0.501. The van der Waals surface area contributed by atoms with Gasteiger partial charge in [-0.25, -0.2) is 4.39 Å². The van der Waals surface area contributed by atoms with Crippen molar-refractivity contribution in [2.45, 2.75) is 6.54 Å². The summed E-state index contributed by atoms with van der Waals surface area (Å²) in [5.41, 5.74) is 2.21. The van der Waals surface area contributed by atoms with Crippen LogP contribution >= 0.6 is 0 Å². The molecule has 0 saturated carbocycles. The molecule has 0 aromatic heterocycles. The maximum absolute atomic E-state index is 14.0. The van der Waals surface area contributed by atoms with E-state index in [-0.39, 0.29) is 5.82 Å². The molecular weight excluding hydrogens is 257 g/mol. The first-order valence-corrected chi connectivity index (χ1v) is 6.35. The van der Waals surface area contributed by atoms with E-state index in [1.165, 1.54) is 6.07 Å². The summed E-state index contributed by atoms with van der Waals surface area (Å²) in [6, 6.07) is 10.6. The van der Waals surface area contributed by atoms with E-state index in [0.29, 0.717) is 23.6 Å². The van der Waals surface area contributed by atoms with Crippen molar-refractivity contribution in [3.8, 4) is 22.6 Å². The SMILES string of the molecule is CNCc1ccc(-c2cc(OC)ccc2OC)cc1F. The Kier molecular flexibility index (Phi) is 4.58. The van der Waals surface area contributed by atoms with Crippen molar-refractivity contribution in [2.75, 3.05) is 21.3 Å². The van der Waals surface area contributed by atoms with Gasteiger partial charge in [-0.3, -0.25) is 0 Å².